The Kier molecular flexibility index (Phi) is 5.78. The van der Waals surface area contributed by atoms with Crippen molar-refractivity contribution in [3.8, 4) is 17.3 Å². The maximum Gasteiger partial charge on any atom is 0.136 e. The lowest BCUT2D eigenvalue weighted by Crippen LogP contribution is -2.51. The van der Waals surface area contributed by atoms with Crippen molar-refractivity contribution in [3.63, 3.8) is 0 Å². The van der Waals surface area contributed by atoms with Crippen molar-refractivity contribution in [2.45, 2.75) is 24.9 Å². The van der Waals surface area contributed by atoms with Crippen LogP contribution in [-0.4, -0.2) is 39.3 Å². The van der Waals surface area contributed by atoms with Gasteiger partial charge in [0.05, 0.1) is 23.4 Å². The third kappa shape index (κ3) is 4.26. The number of aliphatic hydroxyl groups excluding tert-OH is 1. The number of β-amino-alcohol motifs (C(OH)–C–C–N with tert-alkyl or cyclic N) is 1. The number of nitrogens with zero attached hydrogens (tertiary/aromatic N) is 5. The first kappa shape index (κ1) is 22.1. The highest BCUT2D eigenvalue weighted by Crippen LogP contribution is 2.42. The minimum absolute atomic E-state index is 0. The number of nitriles is 1. The summed E-state index contributed by atoms with van der Waals surface area (Å²) in [5, 5.41) is 24.4. The minimum Gasteiger partial charge on any atom is -0.389 e. The van der Waals surface area contributed by atoms with Gasteiger partial charge in [-0.15, -0.1) is 12.4 Å². The van der Waals surface area contributed by atoms with E-state index in [4.69, 9.17) is 4.98 Å². The van der Waals surface area contributed by atoms with Crippen molar-refractivity contribution in [2.24, 2.45) is 0 Å². The molecule has 6 rings (SSSR count). The van der Waals surface area contributed by atoms with E-state index < -0.39 is 0 Å². The number of nitrogens with one attached hydrogen (secondary N) is 1. The van der Waals surface area contributed by atoms with Crippen molar-refractivity contribution in [2.75, 3.05) is 23.3 Å². The van der Waals surface area contributed by atoms with Crippen molar-refractivity contribution < 1.29 is 5.11 Å². The van der Waals surface area contributed by atoms with Crippen LogP contribution >= 0.6 is 12.4 Å². The van der Waals surface area contributed by atoms with Gasteiger partial charge in [0.2, 0.25) is 0 Å². The van der Waals surface area contributed by atoms with Crippen molar-refractivity contribution in [1.29, 1.82) is 5.26 Å². The largest absolute Gasteiger partial charge is 0.389 e. The molecule has 1 aliphatic heterocycles. The van der Waals surface area contributed by atoms with Crippen LogP contribution in [0, 0.1) is 11.3 Å². The highest BCUT2D eigenvalue weighted by Gasteiger charge is 2.27. The van der Waals surface area contributed by atoms with Gasteiger partial charge < -0.3 is 15.3 Å². The Balaban J connectivity index is 0.00000241. The second-order valence-electron chi connectivity index (χ2n) is 8.74. The van der Waals surface area contributed by atoms with Gasteiger partial charge in [-0.05, 0) is 66.1 Å². The molecule has 7 nitrogen and oxygen atoms in total. The zero-order valence-corrected chi connectivity index (χ0v) is 19.2. The van der Waals surface area contributed by atoms with Crippen LogP contribution in [0.3, 0.4) is 0 Å². The maximum absolute atomic E-state index is 9.75. The van der Waals surface area contributed by atoms with E-state index in [0.29, 0.717) is 30.4 Å². The highest BCUT2D eigenvalue weighted by molar-refractivity contribution is 5.95. The standard InChI is InChI=1S/C26H22N6O.ClH/c27-13-16-5-7-28-24(9-16)31-25-12-20(17-1-2-17)11-23(30-25)19-4-3-18-6-8-29-26(22(18)10-19)32-14-21(33)15-32;/h3-12,17,21,33H,1-2,14-15H2,(H,28,30,31);1H. The van der Waals surface area contributed by atoms with Crippen LogP contribution in [0.4, 0.5) is 17.5 Å². The molecule has 2 aliphatic rings. The summed E-state index contributed by atoms with van der Waals surface area (Å²) in [6.07, 6.45) is 5.53. The normalized spacial score (nSPS) is 15.4. The number of aromatic nitrogens is 3. The highest BCUT2D eigenvalue weighted by atomic mass is 35.5. The number of pyridine rings is 3. The molecule has 0 radical (unpaired) electrons. The predicted molar refractivity (Wildman–Crippen MR) is 135 cm³/mol. The molecule has 2 fully saturated rings. The second-order valence-corrected chi connectivity index (χ2v) is 8.74. The molecule has 0 unspecified atom stereocenters. The van der Waals surface area contributed by atoms with Crippen LogP contribution in [0.1, 0.15) is 29.9 Å². The monoisotopic (exact) mass is 470 g/mol. The van der Waals surface area contributed by atoms with Crippen LogP contribution < -0.4 is 10.2 Å². The summed E-state index contributed by atoms with van der Waals surface area (Å²) in [5.74, 6) is 2.77. The molecule has 0 spiro atoms. The van der Waals surface area contributed by atoms with Gasteiger partial charge in [-0.2, -0.15) is 5.26 Å². The van der Waals surface area contributed by atoms with Gasteiger partial charge in [-0.3, -0.25) is 0 Å². The quantitative estimate of drug-likeness (QED) is 0.432. The molecule has 0 bridgehead atoms. The number of fused-ring (bicyclic) bond motifs is 1. The van der Waals surface area contributed by atoms with Crippen molar-refractivity contribution in [3.05, 3.63) is 72.1 Å². The Morgan fingerprint density at radius 1 is 0.971 bits per heavy atom. The molecular formula is C26H23ClN6O. The Labute approximate surface area is 203 Å². The van der Waals surface area contributed by atoms with E-state index in [0.717, 1.165) is 33.7 Å². The smallest absolute Gasteiger partial charge is 0.136 e. The fourth-order valence-electron chi connectivity index (χ4n) is 4.31. The third-order valence-electron chi connectivity index (χ3n) is 6.24. The van der Waals surface area contributed by atoms with E-state index in [9.17, 15) is 10.4 Å². The van der Waals surface area contributed by atoms with Crippen molar-refractivity contribution >= 4 is 40.6 Å². The molecule has 4 heterocycles. The molecule has 2 N–H and O–H groups in total. The summed E-state index contributed by atoms with van der Waals surface area (Å²) in [6.45, 7) is 1.21. The zero-order valence-electron chi connectivity index (χ0n) is 18.3. The van der Waals surface area contributed by atoms with Crippen LogP contribution in [0.5, 0.6) is 0 Å². The van der Waals surface area contributed by atoms with E-state index in [2.05, 4.69) is 56.6 Å². The fraction of sp³-hybridized carbons (Fsp3) is 0.231. The number of benzene rings is 1. The van der Waals surface area contributed by atoms with Gasteiger partial charge in [0.25, 0.3) is 0 Å². The van der Waals surface area contributed by atoms with Gasteiger partial charge >= 0.3 is 0 Å². The lowest BCUT2D eigenvalue weighted by Gasteiger charge is -2.37. The molecule has 170 valence electrons. The molecule has 1 aliphatic carbocycles. The van der Waals surface area contributed by atoms with E-state index in [1.165, 1.54) is 18.4 Å². The zero-order chi connectivity index (χ0) is 22.4. The first-order valence-corrected chi connectivity index (χ1v) is 11.1. The summed E-state index contributed by atoms with van der Waals surface area (Å²) in [5.41, 5.74) is 3.72. The fourth-order valence-corrected chi connectivity index (χ4v) is 4.31. The number of hydrogen-bond donors (Lipinski definition) is 2. The SMILES string of the molecule is Cl.N#Cc1ccnc(Nc2cc(C3CC3)cc(-c3ccc4ccnc(N5CC(O)C5)c4c3)n2)c1. The molecule has 1 aromatic carbocycles. The average Bonchev–Trinajstić information content (AvgIpc) is 3.67. The van der Waals surface area contributed by atoms with Crippen LogP contribution in [0.15, 0.2) is 60.9 Å². The third-order valence-corrected chi connectivity index (χ3v) is 6.24. The lowest BCUT2D eigenvalue weighted by molar-refractivity contribution is 0.141. The topological polar surface area (TPSA) is 98.0 Å². The minimum atomic E-state index is -0.288. The van der Waals surface area contributed by atoms with E-state index in [-0.39, 0.29) is 18.5 Å². The van der Waals surface area contributed by atoms with Gasteiger partial charge in [0.15, 0.2) is 0 Å². The van der Waals surface area contributed by atoms with Gasteiger partial charge in [0.1, 0.15) is 17.5 Å². The number of halogens is 1. The Hall–Kier alpha value is -3.73. The van der Waals surface area contributed by atoms with E-state index in [1.54, 1.807) is 18.3 Å². The van der Waals surface area contributed by atoms with Crippen LogP contribution in [0.25, 0.3) is 22.0 Å². The van der Waals surface area contributed by atoms with Gasteiger partial charge in [0, 0.05) is 36.4 Å². The molecule has 0 atom stereocenters. The van der Waals surface area contributed by atoms with Crippen LogP contribution in [0.2, 0.25) is 0 Å². The summed E-state index contributed by atoms with van der Waals surface area (Å²) < 4.78 is 0. The summed E-state index contributed by atoms with van der Waals surface area (Å²) in [4.78, 5) is 15.9. The molecule has 3 aromatic heterocycles. The van der Waals surface area contributed by atoms with Gasteiger partial charge in [-0.25, -0.2) is 15.0 Å². The molecule has 1 saturated heterocycles. The summed E-state index contributed by atoms with van der Waals surface area (Å²) in [6, 6.07) is 18.1. The number of rotatable bonds is 5. The molecule has 4 aromatic rings. The maximum atomic E-state index is 9.75. The van der Waals surface area contributed by atoms with Crippen molar-refractivity contribution in [1.82, 2.24) is 15.0 Å². The van der Waals surface area contributed by atoms with E-state index in [1.807, 2.05) is 12.3 Å². The molecule has 1 saturated carbocycles. The summed E-state index contributed by atoms with van der Waals surface area (Å²) in [7, 11) is 0. The first-order valence-electron chi connectivity index (χ1n) is 11.1. The van der Waals surface area contributed by atoms with Crippen LogP contribution in [-0.2, 0) is 0 Å². The Morgan fingerprint density at radius 3 is 2.56 bits per heavy atom. The number of aliphatic hydroxyl groups is 1. The van der Waals surface area contributed by atoms with Gasteiger partial charge in [-0.1, -0.05) is 12.1 Å². The Morgan fingerprint density at radius 2 is 1.79 bits per heavy atom. The van der Waals surface area contributed by atoms with E-state index >= 15 is 0 Å². The molecule has 8 heteroatoms. The number of hydrogen-bond acceptors (Lipinski definition) is 7. The first-order chi connectivity index (χ1) is 16.2. The Bertz CT molecular complexity index is 1410. The predicted octanol–water partition coefficient (Wildman–Crippen LogP) is 4.79. The average molecular weight is 471 g/mol. The lowest BCUT2D eigenvalue weighted by atomic mass is 10.0. The molecule has 34 heavy (non-hydrogen) atoms. The summed E-state index contributed by atoms with van der Waals surface area (Å²) >= 11 is 0. The second kappa shape index (κ2) is 8.90. The molecular weight excluding hydrogens is 448 g/mol. The number of anilines is 3. The molecule has 0 amide bonds.